The van der Waals surface area contributed by atoms with Crippen LogP contribution < -0.4 is 0 Å². The summed E-state index contributed by atoms with van der Waals surface area (Å²) in [5.41, 5.74) is 4.25. The molecule has 2 heterocycles. The maximum absolute atomic E-state index is 10.8. The van der Waals surface area contributed by atoms with Crippen LogP contribution in [0.1, 0.15) is 11.1 Å². The van der Waals surface area contributed by atoms with Crippen LogP contribution in [0.2, 0.25) is 0 Å². The second-order valence-corrected chi connectivity index (χ2v) is 8.82. The number of aromatic nitrogens is 2. The Morgan fingerprint density at radius 2 is 1.31 bits per heavy atom. The van der Waals surface area contributed by atoms with E-state index < -0.39 is 4.92 Å². The second kappa shape index (κ2) is 13.0. The van der Waals surface area contributed by atoms with Gasteiger partial charge in [0.2, 0.25) is 0 Å². The van der Waals surface area contributed by atoms with Crippen molar-refractivity contribution in [3.63, 3.8) is 0 Å². The molecule has 1 N–H and O–H groups in total. The molecule has 6 rings (SSSR count). The molecule has 39 heavy (non-hydrogen) atoms. The van der Waals surface area contributed by atoms with Crippen LogP contribution in [0, 0.1) is 20.2 Å². The van der Waals surface area contributed by atoms with E-state index in [1.807, 2.05) is 54.9 Å². The minimum Gasteiger partial charge on any atom is -0.361 e. The Morgan fingerprint density at radius 1 is 0.692 bits per heavy atom. The highest BCUT2D eigenvalue weighted by Crippen LogP contribution is 2.19. The largest absolute Gasteiger partial charge is 0.361 e. The maximum atomic E-state index is 10.8. The molecular formula is C30H25ClN4O4. The number of hydrogen-bond acceptors (Lipinski definition) is 4. The molecule has 196 valence electrons. The predicted molar refractivity (Wildman–Crippen MR) is 155 cm³/mol. The monoisotopic (exact) mass is 540 g/mol. The number of benzene rings is 4. The lowest BCUT2D eigenvalue weighted by molar-refractivity contribution is -0.385. The smallest absolute Gasteiger partial charge is 0.269 e. The first-order valence-corrected chi connectivity index (χ1v) is 12.6. The number of fused-ring (bicyclic) bond motifs is 2. The summed E-state index contributed by atoms with van der Waals surface area (Å²) in [5.74, 6) is 0.307. The molecule has 2 aromatic heterocycles. The first kappa shape index (κ1) is 27.1. The average molecular weight is 541 g/mol. The number of nitrogens with one attached hydrogen (secondary N) is 1. The fourth-order valence-electron chi connectivity index (χ4n) is 3.99. The summed E-state index contributed by atoms with van der Waals surface area (Å²) in [6, 6.07) is 33.5. The fraction of sp³-hybridized carbons (Fsp3) is 0.0667. The molecule has 0 unspecified atom stereocenters. The maximum Gasteiger partial charge on any atom is 0.269 e. The van der Waals surface area contributed by atoms with Gasteiger partial charge in [-0.1, -0.05) is 60.7 Å². The van der Waals surface area contributed by atoms with Crippen LogP contribution in [-0.2, 0) is 12.4 Å². The summed E-state index contributed by atoms with van der Waals surface area (Å²) in [6.07, 6.45) is 3.95. The number of nitrogens with zero attached hydrogens (tertiary/aromatic N) is 3. The number of non-ortho nitro benzene ring substituents is 2. The number of rotatable bonds is 5. The molecule has 0 bridgehead atoms. The molecule has 9 heteroatoms. The fourth-order valence-corrected chi connectivity index (χ4v) is 4.16. The molecule has 0 radical (unpaired) electrons. The summed E-state index contributed by atoms with van der Waals surface area (Å²) < 4.78 is 2.09. The lowest BCUT2D eigenvalue weighted by atomic mass is 10.2. The van der Waals surface area contributed by atoms with Crippen molar-refractivity contribution in [2.24, 2.45) is 0 Å². The van der Waals surface area contributed by atoms with Crippen LogP contribution in [0.3, 0.4) is 0 Å². The third-order valence-electron chi connectivity index (χ3n) is 5.89. The molecular weight excluding hydrogens is 516 g/mol. The highest BCUT2D eigenvalue weighted by molar-refractivity contribution is 6.17. The summed E-state index contributed by atoms with van der Waals surface area (Å²) in [6.45, 7) is 0.634. The van der Waals surface area contributed by atoms with Crippen molar-refractivity contribution >= 4 is 44.8 Å². The molecule has 0 aliphatic heterocycles. The third-order valence-corrected chi connectivity index (χ3v) is 6.20. The van der Waals surface area contributed by atoms with Crippen molar-refractivity contribution in [2.75, 3.05) is 0 Å². The predicted octanol–water partition coefficient (Wildman–Crippen LogP) is 8.10. The number of nitro groups is 2. The van der Waals surface area contributed by atoms with E-state index in [1.54, 1.807) is 24.3 Å². The standard InChI is InChI=1S/C15H12N2O2.C8H7N.C7H6ClNO2/c18-17(19)14-6-3-4-12(10-14)11-16-9-8-13-5-1-2-7-15(13)16;1-2-4-8-7(3-1)5-6-9-8;8-5-6-2-1-3-7(4-6)9(10)11/h1-10H,11H2;1-6,9H;1-4H,5H2. The highest BCUT2D eigenvalue weighted by atomic mass is 35.5. The molecule has 0 aliphatic rings. The SMILES string of the molecule is O=[N+]([O-])c1cccc(CCl)c1.O=[N+]([O-])c1cccc(Cn2ccc3ccccc32)c1.c1ccc2[nH]ccc2c1. The first-order valence-electron chi connectivity index (χ1n) is 12.0. The highest BCUT2D eigenvalue weighted by Gasteiger charge is 2.07. The van der Waals surface area contributed by atoms with Crippen molar-refractivity contribution < 1.29 is 9.85 Å². The number of H-pyrrole nitrogens is 1. The molecule has 0 saturated carbocycles. The molecule has 0 atom stereocenters. The minimum atomic E-state index is -0.434. The number of alkyl halides is 1. The molecule has 0 fully saturated rings. The van der Waals surface area contributed by atoms with Gasteiger partial charge in [0.1, 0.15) is 0 Å². The zero-order valence-corrected chi connectivity index (χ0v) is 21.6. The zero-order valence-electron chi connectivity index (χ0n) is 20.8. The van der Waals surface area contributed by atoms with E-state index in [0.717, 1.165) is 16.6 Å². The van der Waals surface area contributed by atoms with Crippen LogP contribution in [0.15, 0.2) is 122 Å². The van der Waals surface area contributed by atoms with E-state index in [9.17, 15) is 20.2 Å². The molecule has 0 aliphatic carbocycles. The van der Waals surface area contributed by atoms with Gasteiger partial charge in [-0.3, -0.25) is 20.2 Å². The van der Waals surface area contributed by atoms with E-state index in [2.05, 4.69) is 33.8 Å². The van der Waals surface area contributed by atoms with Crippen molar-refractivity contribution in [2.45, 2.75) is 12.4 Å². The Kier molecular flexibility index (Phi) is 9.05. The van der Waals surface area contributed by atoms with Gasteiger partial charge >= 0.3 is 0 Å². The van der Waals surface area contributed by atoms with Gasteiger partial charge in [0.05, 0.1) is 9.85 Å². The molecule has 0 amide bonds. The Bertz CT molecular complexity index is 1680. The van der Waals surface area contributed by atoms with Crippen molar-refractivity contribution in [1.29, 1.82) is 0 Å². The number of halogens is 1. The van der Waals surface area contributed by atoms with E-state index in [4.69, 9.17) is 11.6 Å². The Balaban J connectivity index is 0.000000149. The molecule has 4 aromatic carbocycles. The zero-order chi connectivity index (χ0) is 27.6. The van der Waals surface area contributed by atoms with Crippen LogP contribution in [0.4, 0.5) is 11.4 Å². The van der Waals surface area contributed by atoms with Gasteiger partial charge in [-0.05, 0) is 46.2 Å². The number of hydrogen-bond donors (Lipinski definition) is 1. The van der Waals surface area contributed by atoms with Crippen LogP contribution in [0.5, 0.6) is 0 Å². The number of nitro benzene ring substituents is 2. The van der Waals surface area contributed by atoms with E-state index in [-0.39, 0.29) is 16.3 Å². The molecule has 6 aromatic rings. The van der Waals surface area contributed by atoms with Crippen LogP contribution in [-0.4, -0.2) is 19.4 Å². The molecule has 0 spiro atoms. The van der Waals surface area contributed by atoms with Crippen molar-refractivity contribution in [3.05, 3.63) is 153 Å². The van der Waals surface area contributed by atoms with Crippen molar-refractivity contribution in [3.8, 4) is 0 Å². The summed E-state index contributed by atoms with van der Waals surface area (Å²) in [7, 11) is 0. The number of aromatic amines is 1. The summed E-state index contributed by atoms with van der Waals surface area (Å²) in [5, 5.41) is 23.4. The van der Waals surface area contributed by atoms with Gasteiger partial charge in [-0.25, -0.2) is 0 Å². The third kappa shape index (κ3) is 7.30. The molecule has 0 saturated heterocycles. The van der Waals surface area contributed by atoms with E-state index in [0.29, 0.717) is 12.4 Å². The molecule has 8 nitrogen and oxygen atoms in total. The van der Waals surface area contributed by atoms with Gasteiger partial charge in [0.15, 0.2) is 0 Å². The van der Waals surface area contributed by atoms with Gasteiger partial charge in [-0.15, -0.1) is 11.6 Å². The van der Waals surface area contributed by atoms with Crippen LogP contribution in [0.25, 0.3) is 21.8 Å². The normalized spacial score (nSPS) is 10.3. The first-order chi connectivity index (χ1) is 18.9. The average Bonchev–Trinajstić information content (AvgIpc) is 3.61. The van der Waals surface area contributed by atoms with Crippen molar-refractivity contribution in [1.82, 2.24) is 9.55 Å². The van der Waals surface area contributed by atoms with E-state index >= 15 is 0 Å². The number of para-hydroxylation sites is 2. The van der Waals surface area contributed by atoms with Crippen LogP contribution >= 0.6 is 11.6 Å². The van der Waals surface area contributed by atoms with E-state index in [1.165, 1.54) is 34.5 Å². The second-order valence-electron chi connectivity index (χ2n) is 8.56. The lowest BCUT2D eigenvalue weighted by Gasteiger charge is -2.05. The lowest BCUT2D eigenvalue weighted by Crippen LogP contribution is -1.98. The van der Waals surface area contributed by atoms with Gasteiger partial charge in [0, 0.05) is 60.1 Å². The quantitative estimate of drug-likeness (QED) is 0.135. The van der Waals surface area contributed by atoms with Gasteiger partial charge in [-0.2, -0.15) is 0 Å². The summed E-state index contributed by atoms with van der Waals surface area (Å²) >= 11 is 5.48. The Hall–Kier alpha value is -4.95. The Labute approximate surface area is 229 Å². The topological polar surface area (TPSA) is 107 Å². The summed E-state index contributed by atoms with van der Waals surface area (Å²) in [4.78, 5) is 23.3. The minimum absolute atomic E-state index is 0.0863. The van der Waals surface area contributed by atoms with Gasteiger partial charge in [0.25, 0.3) is 11.4 Å². The Morgan fingerprint density at radius 3 is 1.97 bits per heavy atom. The van der Waals surface area contributed by atoms with Gasteiger partial charge < -0.3 is 9.55 Å².